The first-order valence-electron chi connectivity index (χ1n) is 7.87. The third-order valence-electron chi connectivity index (χ3n) is 3.78. The molecule has 2 aromatic carbocycles. The fraction of sp³-hybridized carbons (Fsp3) is 0.105. The third-order valence-corrected chi connectivity index (χ3v) is 4.35. The number of nitrogens with one attached hydrogen (secondary N) is 2. The first-order chi connectivity index (χ1) is 12.4. The van der Waals surface area contributed by atoms with Crippen molar-refractivity contribution >= 4 is 46.4 Å². The van der Waals surface area contributed by atoms with Crippen LogP contribution in [0.5, 0.6) is 0 Å². The molecule has 0 radical (unpaired) electrons. The van der Waals surface area contributed by atoms with Crippen LogP contribution in [0.25, 0.3) is 0 Å². The molecular weight excluding hydrogens is 371 g/mol. The van der Waals surface area contributed by atoms with Crippen LogP contribution in [0.4, 0.5) is 17.3 Å². The Balaban J connectivity index is 1.83. The lowest BCUT2D eigenvalue weighted by Crippen LogP contribution is -2.15. The van der Waals surface area contributed by atoms with Gasteiger partial charge in [-0.15, -0.1) is 0 Å². The van der Waals surface area contributed by atoms with Crippen molar-refractivity contribution in [3.05, 3.63) is 75.5 Å². The number of amides is 1. The van der Waals surface area contributed by atoms with Gasteiger partial charge in [-0.3, -0.25) is 4.79 Å². The van der Waals surface area contributed by atoms with E-state index in [2.05, 4.69) is 20.6 Å². The van der Waals surface area contributed by atoms with Crippen LogP contribution in [0.2, 0.25) is 10.0 Å². The smallest absolute Gasteiger partial charge is 0.274 e. The largest absolute Gasteiger partial charge is 0.324 e. The summed E-state index contributed by atoms with van der Waals surface area (Å²) in [5.41, 5.74) is 3.68. The van der Waals surface area contributed by atoms with Gasteiger partial charge in [0.05, 0.1) is 10.7 Å². The Kier molecular flexibility index (Phi) is 5.40. The number of rotatable bonds is 4. The second-order valence-corrected chi connectivity index (χ2v) is 6.58. The Morgan fingerprint density at radius 1 is 1.04 bits per heavy atom. The molecule has 3 aromatic rings. The van der Waals surface area contributed by atoms with E-state index in [9.17, 15) is 4.79 Å². The van der Waals surface area contributed by atoms with Crippen molar-refractivity contribution in [1.82, 2.24) is 9.97 Å². The molecule has 0 saturated heterocycles. The van der Waals surface area contributed by atoms with Crippen molar-refractivity contribution in [2.75, 3.05) is 10.6 Å². The molecule has 0 aliphatic carbocycles. The monoisotopic (exact) mass is 386 g/mol. The third kappa shape index (κ3) is 4.12. The molecule has 0 aliphatic rings. The molecular formula is C19H16Cl2N4O. The zero-order chi connectivity index (χ0) is 18.7. The summed E-state index contributed by atoms with van der Waals surface area (Å²) in [5.74, 6) is -0.0617. The molecule has 7 heteroatoms. The highest BCUT2D eigenvalue weighted by molar-refractivity contribution is 6.35. The van der Waals surface area contributed by atoms with E-state index in [4.69, 9.17) is 23.2 Å². The van der Waals surface area contributed by atoms with Gasteiger partial charge in [-0.2, -0.15) is 0 Å². The molecule has 0 unspecified atom stereocenters. The molecule has 2 N–H and O–H groups in total. The van der Waals surface area contributed by atoms with Crippen LogP contribution in [0.3, 0.4) is 0 Å². The number of hydrogen-bond donors (Lipinski definition) is 2. The first kappa shape index (κ1) is 18.2. The van der Waals surface area contributed by atoms with Crippen LogP contribution in [0.15, 0.2) is 48.7 Å². The van der Waals surface area contributed by atoms with Crippen molar-refractivity contribution in [3.63, 3.8) is 0 Å². The molecule has 0 spiro atoms. The summed E-state index contributed by atoms with van der Waals surface area (Å²) in [6, 6.07) is 12.3. The van der Waals surface area contributed by atoms with Crippen LogP contribution >= 0.6 is 23.2 Å². The topological polar surface area (TPSA) is 66.9 Å². The number of para-hydroxylation sites is 1. The summed E-state index contributed by atoms with van der Waals surface area (Å²) in [5, 5.41) is 6.75. The Morgan fingerprint density at radius 3 is 2.50 bits per heavy atom. The number of hydrogen-bond acceptors (Lipinski definition) is 4. The number of anilines is 3. The summed E-state index contributed by atoms with van der Waals surface area (Å²) in [6.07, 6.45) is 1.53. The second kappa shape index (κ2) is 7.72. The molecule has 0 fully saturated rings. The summed E-state index contributed by atoms with van der Waals surface area (Å²) in [4.78, 5) is 21.0. The highest BCUT2D eigenvalue weighted by Gasteiger charge is 2.12. The fourth-order valence-corrected chi connectivity index (χ4v) is 2.79. The molecule has 0 bridgehead atoms. The van der Waals surface area contributed by atoms with Crippen molar-refractivity contribution in [1.29, 1.82) is 0 Å². The van der Waals surface area contributed by atoms with Gasteiger partial charge in [0.15, 0.2) is 0 Å². The van der Waals surface area contributed by atoms with Gasteiger partial charge in [-0.05, 0) is 49.2 Å². The quantitative estimate of drug-likeness (QED) is 0.629. The minimum absolute atomic E-state index is 0.213. The Morgan fingerprint density at radius 2 is 1.77 bits per heavy atom. The summed E-state index contributed by atoms with van der Waals surface area (Å²) >= 11 is 12.0. The van der Waals surface area contributed by atoms with E-state index in [0.29, 0.717) is 21.7 Å². The normalized spacial score (nSPS) is 10.5. The van der Waals surface area contributed by atoms with Crippen LogP contribution < -0.4 is 10.6 Å². The van der Waals surface area contributed by atoms with Crippen LogP contribution in [0.1, 0.15) is 21.6 Å². The summed E-state index contributed by atoms with van der Waals surface area (Å²) in [6.45, 7) is 3.99. The van der Waals surface area contributed by atoms with Crippen molar-refractivity contribution in [2.45, 2.75) is 13.8 Å². The lowest BCUT2D eigenvalue weighted by atomic mass is 10.1. The lowest BCUT2D eigenvalue weighted by Gasteiger charge is -2.12. The van der Waals surface area contributed by atoms with E-state index < -0.39 is 5.91 Å². The van der Waals surface area contributed by atoms with E-state index in [0.717, 1.165) is 16.8 Å². The maximum absolute atomic E-state index is 12.5. The van der Waals surface area contributed by atoms with Gasteiger partial charge >= 0.3 is 0 Å². The Hall–Kier alpha value is -2.63. The maximum Gasteiger partial charge on any atom is 0.274 e. The number of aryl methyl sites for hydroxylation is 2. The number of halogens is 2. The van der Waals surface area contributed by atoms with Crippen molar-refractivity contribution in [2.24, 2.45) is 0 Å². The lowest BCUT2D eigenvalue weighted by molar-refractivity contribution is 0.102. The maximum atomic E-state index is 12.5. The molecule has 0 saturated carbocycles. The predicted molar refractivity (Wildman–Crippen MR) is 106 cm³/mol. The molecule has 1 heterocycles. The average Bonchev–Trinajstić information content (AvgIpc) is 2.62. The molecule has 132 valence electrons. The van der Waals surface area contributed by atoms with E-state index in [1.807, 2.05) is 32.0 Å². The standard InChI is InChI=1S/C19H16Cl2N4O/c1-11-4-3-5-12(2)17(11)25-19-22-9-8-15(24-19)18(26)23-16-10-13(20)6-7-14(16)21/h3-10H,1-2H3,(H,23,26)(H,22,24,25). The highest BCUT2D eigenvalue weighted by Crippen LogP contribution is 2.26. The molecule has 1 amide bonds. The van der Waals surface area contributed by atoms with Gasteiger partial charge in [-0.25, -0.2) is 9.97 Å². The number of carbonyl (C=O) groups excluding carboxylic acids is 1. The second-order valence-electron chi connectivity index (χ2n) is 5.74. The van der Waals surface area contributed by atoms with Crippen LogP contribution in [-0.4, -0.2) is 15.9 Å². The van der Waals surface area contributed by atoms with Gasteiger partial charge in [0.2, 0.25) is 5.95 Å². The molecule has 0 aliphatic heterocycles. The highest BCUT2D eigenvalue weighted by atomic mass is 35.5. The predicted octanol–water partition coefficient (Wildman–Crippen LogP) is 5.40. The molecule has 26 heavy (non-hydrogen) atoms. The summed E-state index contributed by atoms with van der Waals surface area (Å²) < 4.78 is 0. The van der Waals surface area contributed by atoms with Crippen molar-refractivity contribution < 1.29 is 4.79 Å². The van der Waals surface area contributed by atoms with Gasteiger partial charge in [0.1, 0.15) is 5.69 Å². The first-order valence-corrected chi connectivity index (χ1v) is 8.62. The Bertz CT molecular complexity index is 955. The molecule has 3 rings (SSSR count). The van der Waals surface area contributed by atoms with E-state index in [1.165, 1.54) is 12.3 Å². The van der Waals surface area contributed by atoms with E-state index >= 15 is 0 Å². The number of aromatic nitrogens is 2. The molecule has 1 aromatic heterocycles. The van der Waals surface area contributed by atoms with Gasteiger partial charge in [0, 0.05) is 16.9 Å². The average molecular weight is 387 g/mol. The SMILES string of the molecule is Cc1cccc(C)c1Nc1nccc(C(=O)Nc2cc(Cl)ccc2Cl)n1. The minimum Gasteiger partial charge on any atom is -0.324 e. The van der Waals surface area contributed by atoms with E-state index in [1.54, 1.807) is 18.2 Å². The zero-order valence-corrected chi connectivity index (χ0v) is 15.7. The van der Waals surface area contributed by atoms with Gasteiger partial charge in [0.25, 0.3) is 5.91 Å². The number of benzene rings is 2. The zero-order valence-electron chi connectivity index (χ0n) is 14.2. The fourth-order valence-electron chi connectivity index (χ4n) is 2.45. The minimum atomic E-state index is -0.402. The van der Waals surface area contributed by atoms with Crippen molar-refractivity contribution in [3.8, 4) is 0 Å². The molecule has 0 atom stereocenters. The Labute approximate surface area is 161 Å². The number of nitrogens with zero attached hydrogens (tertiary/aromatic N) is 2. The molecule has 5 nitrogen and oxygen atoms in total. The summed E-state index contributed by atoms with van der Waals surface area (Å²) in [7, 11) is 0. The van der Waals surface area contributed by atoms with E-state index in [-0.39, 0.29) is 5.69 Å². The van der Waals surface area contributed by atoms with Crippen LogP contribution in [0, 0.1) is 13.8 Å². The van der Waals surface area contributed by atoms with Gasteiger partial charge < -0.3 is 10.6 Å². The van der Waals surface area contributed by atoms with Crippen LogP contribution in [-0.2, 0) is 0 Å². The van der Waals surface area contributed by atoms with Gasteiger partial charge in [-0.1, -0.05) is 41.4 Å². The number of carbonyl (C=O) groups is 1.